The fourth-order valence-electron chi connectivity index (χ4n) is 4.25. The fraction of sp³-hybridized carbons (Fsp3) is 0.375. The first kappa shape index (κ1) is 22.7. The SMILES string of the molecule is COc1ccc(NC(=O)C(C(C)C)n2cnc3cc(F)c(F)cc32)cc1N1CCCCC1=O. The van der Waals surface area contributed by atoms with Crippen LogP contribution in [0.2, 0.25) is 0 Å². The Labute approximate surface area is 190 Å². The molecule has 2 aromatic carbocycles. The number of nitrogens with zero attached hydrogens (tertiary/aromatic N) is 3. The van der Waals surface area contributed by atoms with E-state index in [1.165, 1.54) is 13.4 Å². The molecule has 1 aromatic heterocycles. The molecule has 3 aromatic rings. The second kappa shape index (κ2) is 9.17. The first-order valence-corrected chi connectivity index (χ1v) is 10.9. The molecule has 0 bridgehead atoms. The van der Waals surface area contributed by atoms with Gasteiger partial charge in [0.15, 0.2) is 11.6 Å². The van der Waals surface area contributed by atoms with E-state index in [9.17, 15) is 18.4 Å². The molecule has 33 heavy (non-hydrogen) atoms. The summed E-state index contributed by atoms with van der Waals surface area (Å²) in [4.78, 5) is 31.6. The standard InChI is InChI=1S/C24H26F2N4O3/c1-14(2)23(30-13-27-18-11-16(25)17(26)12-19(18)30)24(32)28-15-7-8-21(33-3)20(10-15)29-9-5-4-6-22(29)31/h7-8,10-14,23H,4-6,9H2,1-3H3,(H,28,32). The van der Waals surface area contributed by atoms with Crippen LogP contribution in [0.3, 0.4) is 0 Å². The van der Waals surface area contributed by atoms with Crippen molar-refractivity contribution < 1.29 is 23.1 Å². The Bertz CT molecular complexity index is 1210. The lowest BCUT2D eigenvalue weighted by molar-refractivity contribution is -0.120. The van der Waals surface area contributed by atoms with Crippen LogP contribution in [-0.4, -0.2) is 35.0 Å². The third-order valence-electron chi connectivity index (χ3n) is 5.88. The van der Waals surface area contributed by atoms with Crippen molar-refractivity contribution in [1.29, 1.82) is 0 Å². The second-order valence-corrected chi connectivity index (χ2v) is 8.47. The summed E-state index contributed by atoms with van der Waals surface area (Å²) in [6.07, 6.45) is 3.64. The number of aromatic nitrogens is 2. The van der Waals surface area contributed by atoms with Gasteiger partial charge in [-0.25, -0.2) is 13.8 Å². The van der Waals surface area contributed by atoms with Gasteiger partial charge in [-0.1, -0.05) is 13.8 Å². The number of imidazole rings is 1. The summed E-state index contributed by atoms with van der Waals surface area (Å²) in [5.41, 5.74) is 1.70. The van der Waals surface area contributed by atoms with Crippen molar-refractivity contribution >= 4 is 34.2 Å². The molecule has 1 aliphatic rings. The van der Waals surface area contributed by atoms with Gasteiger partial charge in [-0.15, -0.1) is 0 Å². The van der Waals surface area contributed by atoms with Crippen LogP contribution in [0.15, 0.2) is 36.7 Å². The molecule has 0 spiro atoms. The molecule has 4 rings (SSSR count). The number of methoxy groups -OCH3 is 1. The summed E-state index contributed by atoms with van der Waals surface area (Å²) in [5, 5.41) is 2.90. The van der Waals surface area contributed by atoms with Gasteiger partial charge in [-0.2, -0.15) is 0 Å². The normalized spacial score (nSPS) is 15.2. The molecule has 1 N–H and O–H groups in total. The molecule has 2 heterocycles. The minimum absolute atomic E-state index is 0.0160. The monoisotopic (exact) mass is 456 g/mol. The first-order valence-electron chi connectivity index (χ1n) is 10.9. The van der Waals surface area contributed by atoms with Gasteiger partial charge in [0.05, 0.1) is 30.2 Å². The Morgan fingerprint density at radius 1 is 1.15 bits per heavy atom. The van der Waals surface area contributed by atoms with E-state index >= 15 is 0 Å². The van der Waals surface area contributed by atoms with Crippen LogP contribution in [-0.2, 0) is 9.59 Å². The molecule has 0 aliphatic carbocycles. The Balaban J connectivity index is 1.65. The Morgan fingerprint density at radius 3 is 2.61 bits per heavy atom. The van der Waals surface area contributed by atoms with Crippen LogP contribution in [0.1, 0.15) is 39.2 Å². The molecule has 1 unspecified atom stereocenters. The smallest absolute Gasteiger partial charge is 0.247 e. The lowest BCUT2D eigenvalue weighted by Gasteiger charge is -2.29. The zero-order chi connectivity index (χ0) is 23.7. The molecule has 1 saturated heterocycles. The quantitative estimate of drug-likeness (QED) is 0.585. The van der Waals surface area contributed by atoms with Gasteiger partial charge in [0, 0.05) is 30.8 Å². The molecule has 1 atom stereocenters. The number of carbonyl (C=O) groups excluding carboxylic acids is 2. The highest BCUT2D eigenvalue weighted by Crippen LogP contribution is 2.34. The van der Waals surface area contributed by atoms with E-state index in [4.69, 9.17) is 4.74 Å². The predicted octanol–water partition coefficient (Wildman–Crippen LogP) is 4.68. The average molecular weight is 456 g/mol. The number of benzene rings is 2. The number of carbonyl (C=O) groups is 2. The maximum absolute atomic E-state index is 13.9. The van der Waals surface area contributed by atoms with Crippen molar-refractivity contribution in [3.63, 3.8) is 0 Å². The number of halogens is 2. The van der Waals surface area contributed by atoms with Crippen molar-refractivity contribution in [3.8, 4) is 5.75 Å². The minimum atomic E-state index is -1.00. The van der Waals surface area contributed by atoms with Crippen molar-refractivity contribution in [1.82, 2.24) is 9.55 Å². The van der Waals surface area contributed by atoms with Crippen molar-refractivity contribution in [3.05, 3.63) is 48.3 Å². The summed E-state index contributed by atoms with van der Waals surface area (Å²) in [7, 11) is 1.53. The summed E-state index contributed by atoms with van der Waals surface area (Å²) in [6.45, 7) is 4.31. The Hall–Kier alpha value is -3.49. The third kappa shape index (κ3) is 4.40. The van der Waals surface area contributed by atoms with Gasteiger partial charge >= 0.3 is 0 Å². The van der Waals surface area contributed by atoms with E-state index < -0.39 is 17.7 Å². The summed E-state index contributed by atoms with van der Waals surface area (Å²) in [6, 6.07) is 6.48. The predicted molar refractivity (Wildman–Crippen MR) is 121 cm³/mol. The zero-order valence-corrected chi connectivity index (χ0v) is 18.8. The zero-order valence-electron chi connectivity index (χ0n) is 18.8. The third-order valence-corrected chi connectivity index (χ3v) is 5.88. The second-order valence-electron chi connectivity index (χ2n) is 8.47. The molecule has 0 saturated carbocycles. The highest BCUT2D eigenvalue weighted by atomic mass is 19.2. The van der Waals surface area contributed by atoms with E-state index in [0.29, 0.717) is 35.6 Å². The van der Waals surface area contributed by atoms with Gasteiger partial charge in [-0.3, -0.25) is 9.59 Å². The Morgan fingerprint density at radius 2 is 1.91 bits per heavy atom. The molecule has 9 heteroatoms. The van der Waals surface area contributed by atoms with Gasteiger partial charge < -0.3 is 19.5 Å². The van der Waals surface area contributed by atoms with Crippen molar-refractivity contribution in [2.45, 2.75) is 39.2 Å². The number of hydrogen-bond donors (Lipinski definition) is 1. The summed E-state index contributed by atoms with van der Waals surface area (Å²) < 4.78 is 34.5. The highest BCUT2D eigenvalue weighted by molar-refractivity contribution is 5.99. The number of piperidine rings is 1. The largest absolute Gasteiger partial charge is 0.495 e. The van der Waals surface area contributed by atoms with Crippen LogP contribution in [0.25, 0.3) is 11.0 Å². The topological polar surface area (TPSA) is 76.5 Å². The molecule has 1 fully saturated rings. The maximum atomic E-state index is 13.9. The lowest BCUT2D eigenvalue weighted by atomic mass is 10.0. The molecule has 7 nitrogen and oxygen atoms in total. The number of rotatable bonds is 6. The number of hydrogen-bond acceptors (Lipinski definition) is 4. The van der Waals surface area contributed by atoms with Crippen molar-refractivity contribution in [2.24, 2.45) is 5.92 Å². The van der Waals surface area contributed by atoms with Gasteiger partial charge in [0.2, 0.25) is 11.8 Å². The molecule has 174 valence electrons. The first-order chi connectivity index (χ1) is 15.8. The van der Waals surface area contributed by atoms with Gasteiger partial charge in [0.1, 0.15) is 11.8 Å². The molecule has 2 amide bonds. The number of ether oxygens (including phenoxy) is 1. The number of nitrogens with one attached hydrogen (secondary N) is 1. The molecule has 0 radical (unpaired) electrons. The average Bonchev–Trinajstić information content (AvgIpc) is 3.16. The highest BCUT2D eigenvalue weighted by Gasteiger charge is 2.28. The molecular weight excluding hydrogens is 430 g/mol. The van der Waals surface area contributed by atoms with Crippen LogP contribution in [0, 0.1) is 17.6 Å². The van der Waals surface area contributed by atoms with Crippen LogP contribution in [0.5, 0.6) is 5.75 Å². The van der Waals surface area contributed by atoms with Crippen LogP contribution < -0.4 is 15.0 Å². The van der Waals surface area contributed by atoms with Gasteiger partial charge in [-0.05, 0) is 37.0 Å². The van der Waals surface area contributed by atoms with E-state index in [-0.39, 0.29) is 23.2 Å². The van der Waals surface area contributed by atoms with E-state index in [1.807, 2.05) is 13.8 Å². The number of fused-ring (bicyclic) bond motifs is 1. The van der Waals surface area contributed by atoms with Crippen LogP contribution in [0.4, 0.5) is 20.2 Å². The minimum Gasteiger partial charge on any atom is -0.495 e. The molecule has 1 aliphatic heterocycles. The number of anilines is 2. The fourth-order valence-corrected chi connectivity index (χ4v) is 4.25. The van der Waals surface area contributed by atoms with E-state index in [2.05, 4.69) is 10.3 Å². The maximum Gasteiger partial charge on any atom is 0.247 e. The molecular formula is C24H26F2N4O3. The summed E-state index contributed by atoms with van der Waals surface area (Å²) >= 11 is 0. The van der Waals surface area contributed by atoms with Gasteiger partial charge in [0.25, 0.3) is 0 Å². The van der Waals surface area contributed by atoms with Crippen LogP contribution >= 0.6 is 0 Å². The van der Waals surface area contributed by atoms with Crippen molar-refractivity contribution in [2.75, 3.05) is 23.9 Å². The van der Waals surface area contributed by atoms with E-state index in [0.717, 1.165) is 25.0 Å². The Kier molecular flexibility index (Phi) is 6.31. The number of amides is 2. The summed E-state index contributed by atoms with van der Waals surface area (Å²) in [5.74, 6) is -1.94. The van der Waals surface area contributed by atoms with E-state index in [1.54, 1.807) is 27.7 Å². The lowest BCUT2D eigenvalue weighted by Crippen LogP contribution is -2.35.